The Morgan fingerprint density at radius 3 is 2.68 bits per heavy atom. The molecule has 0 saturated carbocycles. The van der Waals surface area contributed by atoms with Gasteiger partial charge in [0.1, 0.15) is 0 Å². The fraction of sp³-hybridized carbons (Fsp3) is 0.429. The smallest absolute Gasteiger partial charge is 0.323 e. The van der Waals surface area contributed by atoms with Crippen LogP contribution in [0.3, 0.4) is 0 Å². The van der Waals surface area contributed by atoms with Gasteiger partial charge in [0.05, 0.1) is 17.1 Å². The maximum absolute atomic E-state index is 15.5. The van der Waals surface area contributed by atoms with Gasteiger partial charge in [0, 0.05) is 49.7 Å². The number of anilines is 2. The summed E-state index contributed by atoms with van der Waals surface area (Å²) in [6.07, 6.45) is 1.54. The average molecular weight is 450 g/mol. The number of piperazine rings is 1. The summed E-state index contributed by atoms with van der Waals surface area (Å²) in [6, 6.07) is 7.24. The fourth-order valence-corrected chi connectivity index (χ4v) is 4.93. The molecule has 1 aliphatic rings. The van der Waals surface area contributed by atoms with Crippen LogP contribution in [-0.4, -0.2) is 60.1 Å². The normalized spacial score (nSPS) is 18.1. The van der Waals surface area contributed by atoms with E-state index in [1.54, 1.807) is 38.1 Å². The monoisotopic (exact) mass is 449 g/mol. The van der Waals surface area contributed by atoms with Crippen molar-refractivity contribution in [2.75, 3.05) is 30.3 Å². The summed E-state index contributed by atoms with van der Waals surface area (Å²) in [5.74, 6) is -0.472. The molecule has 0 unspecified atom stereocenters. The molecule has 31 heavy (non-hydrogen) atoms. The second kappa shape index (κ2) is 9.29. The Labute approximate surface area is 182 Å². The topological polar surface area (TPSA) is 99.8 Å². The molecule has 1 atom stereocenters. The molecule has 168 valence electrons. The Morgan fingerprint density at radius 1 is 1.32 bits per heavy atom. The lowest BCUT2D eigenvalue weighted by Crippen LogP contribution is -2.53. The van der Waals surface area contributed by atoms with E-state index in [2.05, 4.69) is 4.98 Å². The van der Waals surface area contributed by atoms with Crippen LogP contribution in [0.5, 0.6) is 0 Å². The van der Waals surface area contributed by atoms with Crippen molar-refractivity contribution in [3.05, 3.63) is 53.6 Å². The van der Waals surface area contributed by atoms with Crippen molar-refractivity contribution < 1.29 is 17.6 Å². The number of hydrogen-bond donors (Lipinski definition) is 1. The number of nitrogens with zero attached hydrogens (tertiary/aromatic N) is 4. The first kappa shape index (κ1) is 23.1. The van der Waals surface area contributed by atoms with Gasteiger partial charge in [-0.05, 0) is 39.0 Å². The second-order valence-electron chi connectivity index (χ2n) is 7.66. The zero-order valence-electron chi connectivity index (χ0n) is 18.0. The minimum atomic E-state index is -3.25. The van der Waals surface area contributed by atoms with Crippen molar-refractivity contribution in [1.82, 2.24) is 14.2 Å². The van der Waals surface area contributed by atoms with E-state index in [1.165, 1.54) is 16.6 Å². The Kier molecular flexibility index (Phi) is 6.93. The SMILES string of the molecule is CCS(=O)(=O)N1CCN(Cc2cccc(N(C(N)=O)c3ccnc(C)c3)c2F)[C@H](C)C1. The lowest BCUT2D eigenvalue weighted by molar-refractivity contribution is 0.121. The third-order valence-electron chi connectivity index (χ3n) is 5.52. The second-order valence-corrected chi connectivity index (χ2v) is 9.91. The summed E-state index contributed by atoms with van der Waals surface area (Å²) in [5.41, 5.74) is 7.16. The predicted molar refractivity (Wildman–Crippen MR) is 118 cm³/mol. The molecule has 0 aliphatic carbocycles. The van der Waals surface area contributed by atoms with E-state index < -0.39 is 21.9 Å². The molecule has 1 saturated heterocycles. The number of hydrogen-bond acceptors (Lipinski definition) is 5. The van der Waals surface area contributed by atoms with Crippen molar-refractivity contribution in [2.24, 2.45) is 5.73 Å². The van der Waals surface area contributed by atoms with E-state index in [0.717, 1.165) is 4.90 Å². The van der Waals surface area contributed by atoms with Gasteiger partial charge < -0.3 is 5.73 Å². The molecule has 2 heterocycles. The van der Waals surface area contributed by atoms with Gasteiger partial charge >= 0.3 is 6.03 Å². The van der Waals surface area contributed by atoms with Crippen LogP contribution in [0.15, 0.2) is 36.5 Å². The number of aromatic nitrogens is 1. The van der Waals surface area contributed by atoms with E-state index in [-0.39, 0.29) is 17.5 Å². The van der Waals surface area contributed by atoms with Crippen LogP contribution in [0.25, 0.3) is 0 Å². The van der Waals surface area contributed by atoms with Gasteiger partial charge in [-0.1, -0.05) is 12.1 Å². The van der Waals surface area contributed by atoms with Crippen LogP contribution >= 0.6 is 0 Å². The maximum atomic E-state index is 15.5. The molecule has 3 rings (SSSR count). The number of benzene rings is 1. The van der Waals surface area contributed by atoms with E-state index in [1.807, 2.05) is 11.8 Å². The van der Waals surface area contributed by atoms with E-state index in [9.17, 15) is 13.2 Å². The third-order valence-corrected chi connectivity index (χ3v) is 7.37. The number of pyridine rings is 1. The summed E-state index contributed by atoms with van der Waals surface area (Å²) in [6.45, 7) is 6.84. The summed E-state index contributed by atoms with van der Waals surface area (Å²) in [4.78, 5) is 19.4. The number of amides is 2. The highest BCUT2D eigenvalue weighted by Gasteiger charge is 2.31. The zero-order valence-corrected chi connectivity index (χ0v) is 18.8. The summed E-state index contributed by atoms with van der Waals surface area (Å²) in [7, 11) is -3.25. The Morgan fingerprint density at radius 2 is 2.06 bits per heavy atom. The molecule has 2 N–H and O–H groups in total. The van der Waals surface area contributed by atoms with Crippen molar-refractivity contribution in [3.8, 4) is 0 Å². The van der Waals surface area contributed by atoms with Crippen LogP contribution in [0, 0.1) is 12.7 Å². The van der Waals surface area contributed by atoms with Crippen molar-refractivity contribution in [2.45, 2.75) is 33.4 Å². The van der Waals surface area contributed by atoms with Gasteiger partial charge in [-0.15, -0.1) is 0 Å². The van der Waals surface area contributed by atoms with Crippen LogP contribution in [-0.2, 0) is 16.6 Å². The predicted octanol–water partition coefficient (Wildman–Crippen LogP) is 2.60. The summed E-state index contributed by atoms with van der Waals surface area (Å²) >= 11 is 0. The van der Waals surface area contributed by atoms with Crippen molar-refractivity contribution >= 4 is 27.4 Å². The molecule has 1 aromatic carbocycles. The average Bonchev–Trinajstić information content (AvgIpc) is 2.72. The number of carbonyl (C=O) groups is 1. The highest BCUT2D eigenvalue weighted by molar-refractivity contribution is 7.89. The zero-order chi connectivity index (χ0) is 22.8. The largest absolute Gasteiger partial charge is 0.351 e. The number of urea groups is 1. The number of nitrogens with two attached hydrogens (primary N) is 1. The number of primary amides is 1. The first-order valence-electron chi connectivity index (χ1n) is 10.2. The maximum Gasteiger partial charge on any atom is 0.323 e. The lowest BCUT2D eigenvalue weighted by atomic mass is 10.1. The van der Waals surface area contributed by atoms with Gasteiger partial charge in [0.2, 0.25) is 10.0 Å². The minimum Gasteiger partial charge on any atom is -0.351 e. The molecule has 1 aliphatic heterocycles. The number of carbonyl (C=O) groups excluding carboxylic acids is 1. The molecule has 0 bridgehead atoms. The van der Waals surface area contributed by atoms with Crippen LogP contribution in [0.1, 0.15) is 25.1 Å². The molecule has 10 heteroatoms. The molecule has 1 fully saturated rings. The van der Waals surface area contributed by atoms with Gasteiger partial charge in [-0.25, -0.2) is 17.6 Å². The van der Waals surface area contributed by atoms with Gasteiger partial charge in [0.15, 0.2) is 5.82 Å². The van der Waals surface area contributed by atoms with Crippen molar-refractivity contribution in [1.29, 1.82) is 0 Å². The first-order valence-corrected chi connectivity index (χ1v) is 11.8. The van der Waals surface area contributed by atoms with Crippen molar-refractivity contribution in [3.63, 3.8) is 0 Å². The van der Waals surface area contributed by atoms with Crippen LogP contribution < -0.4 is 10.6 Å². The van der Waals surface area contributed by atoms with Gasteiger partial charge in [0.25, 0.3) is 0 Å². The number of halogens is 1. The first-order chi connectivity index (χ1) is 14.6. The van der Waals surface area contributed by atoms with Gasteiger partial charge in [-0.2, -0.15) is 4.31 Å². The molecule has 2 amide bonds. The highest BCUT2D eigenvalue weighted by Crippen LogP contribution is 2.30. The standard InChI is InChI=1S/C21H28FN5O3S/c1-4-31(29,30)26-11-10-25(16(3)13-26)14-17-6-5-7-19(20(17)22)27(21(23)28)18-8-9-24-15(2)12-18/h5-9,12,16H,4,10-11,13-14H2,1-3H3,(H2,23,28)/t16-/m1/s1. The number of aryl methyl sites for hydroxylation is 1. The fourth-order valence-electron chi connectivity index (χ4n) is 3.77. The molecule has 0 radical (unpaired) electrons. The molecule has 0 spiro atoms. The minimum absolute atomic E-state index is 0.0633. The van der Waals surface area contributed by atoms with Gasteiger partial charge in [-0.3, -0.25) is 14.8 Å². The van der Waals surface area contributed by atoms with E-state index >= 15 is 4.39 Å². The quantitative estimate of drug-likeness (QED) is 0.731. The Hall–Kier alpha value is -2.56. The van der Waals surface area contributed by atoms with Crippen LogP contribution in [0.4, 0.5) is 20.6 Å². The molecule has 8 nitrogen and oxygen atoms in total. The number of sulfonamides is 1. The Balaban J connectivity index is 1.85. The molecular formula is C21H28FN5O3S. The molecule has 2 aromatic rings. The molecule has 1 aromatic heterocycles. The third kappa shape index (κ3) is 5.03. The summed E-state index contributed by atoms with van der Waals surface area (Å²) < 4.78 is 41.3. The highest BCUT2D eigenvalue weighted by atomic mass is 32.2. The molecular weight excluding hydrogens is 421 g/mol. The van der Waals surface area contributed by atoms with E-state index in [4.69, 9.17) is 5.73 Å². The van der Waals surface area contributed by atoms with Crippen LogP contribution in [0.2, 0.25) is 0 Å². The Bertz CT molecular complexity index is 1060. The number of rotatable bonds is 6. The lowest BCUT2D eigenvalue weighted by Gasteiger charge is -2.39. The summed E-state index contributed by atoms with van der Waals surface area (Å²) in [5, 5.41) is 0. The van der Waals surface area contributed by atoms with E-state index in [0.29, 0.717) is 43.1 Å².